The molecule has 0 spiro atoms. The minimum Gasteiger partial charge on any atom is -0.478 e. The minimum absolute atomic E-state index is 0.299. The zero-order chi connectivity index (χ0) is 12.7. The van der Waals surface area contributed by atoms with Crippen LogP contribution in [0.4, 0.5) is 5.82 Å². The molecule has 0 radical (unpaired) electrons. The summed E-state index contributed by atoms with van der Waals surface area (Å²) in [5.74, 6) is -0.303. The van der Waals surface area contributed by atoms with Gasteiger partial charge in [0.25, 0.3) is 0 Å². The molecule has 1 atom stereocenters. The van der Waals surface area contributed by atoms with E-state index in [1.54, 1.807) is 6.07 Å². The fourth-order valence-electron chi connectivity index (χ4n) is 2.71. The summed E-state index contributed by atoms with van der Waals surface area (Å²) in [5, 5.41) is 9.34. The van der Waals surface area contributed by atoms with Crippen molar-refractivity contribution >= 4 is 11.8 Å². The largest absolute Gasteiger partial charge is 0.478 e. The van der Waals surface area contributed by atoms with Crippen molar-refractivity contribution in [3.63, 3.8) is 0 Å². The third kappa shape index (κ3) is 1.75. The van der Waals surface area contributed by atoms with E-state index in [0.29, 0.717) is 30.6 Å². The van der Waals surface area contributed by atoms with Gasteiger partial charge in [-0.05, 0) is 25.8 Å². The Morgan fingerprint density at radius 2 is 2.39 bits per heavy atom. The Labute approximate surface area is 105 Å². The summed E-state index contributed by atoms with van der Waals surface area (Å²) in [6.45, 7) is 3.96. The molecule has 0 bridgehead atoms. The van der Waals surface area contributed by atoms with Gasteiger partial charge in [0.1, 0.15) is 11.4 Å². The van der Waals surface area contributed by atoms with Gasteiger partial charge < -0.3 is 14.7 Å². The highest BCUT2D eigenvalue weighted by Crippen LogP contribution is 2.30. The van der Waals surface area contributed by atoms with E-state index >= 15 is 0 Å². The second-order valence-corrected chi connectivity index (χ2v) is 4.95. The van der Waals surface area contributed by atoms with Crippen LogP contribution < -0.4 is 4.90 Å². The van der Waals surface area contributed by atoms with Crippen LogP contribution in [0.15, 0.2) is 6.07 Å². The van der Waals surface area contributed by atoms with Gasteiger partial charge in [0.05, 0.1) is 18.9 Å². The molecule has 0 unspecified atom stereocenters. The van der Waals surface area contributed by atoms with Gasteiger partial charge in [0, 0.05) is 18.2 Å². The zero-order valence-corrected chi connectivity index (χ0v) is 10.3. The minimum atomic E-state index is -0.911. The summed E-state index contributed by atoms with van der Waals surface area (Å²) in [7, 11) is 0. The van der Waals surface area contributed by atoms with Gasteiger partial charge in [-0.2, -0.15) is 0 Å². The summed E-state index contributed by atoms with van der Waals surface area (Å²) in [6.07, 6.45) is 2.18. The number of carboxylic acids is 1. The molecule has 0 aliphatic carbocycles. The molecule has 1 aromatic heterocycles. The van der Waals surface area contributed by atoms with Crippen LogP contribution in [0.3, 0.4) is 0 Å². The average molecular weight is 248 g/mol. The lowest BCUT2D eigenvalue weighted by molar-refractivity contribution is 0.0697. The molecule has 5 heteroatoms. The number of nitrogens with zero attached hydrogens (tertiary/aromatic N) is 2. The number of pyridine rings is 1. The van der Waals surface area contributed by atoms with Crippen LogP contribution in [-0.2, 0) is 18.0 Å². The van der Waals surface area contributed by atoms with Crippen molar-refractivity contribution in [3.8, 4) is 0 Å². The van der Waals surface area contributed by atoms with Crippen LogP contribution in [0.25, 0.3) is 0 Å². The highest BCUT2D eigenvalue weighted by molar-refractivity contribution is 5.93. The highest BCUT2D eigenvalue weighted by atomic mass is 16.5. The first-order chi connectivity index (χ1) is 8.66. The van der Waals surface area contributed by atoms with Crippen molar-refractivity contribution < 1.29 is 14.6 Å². The van der Waals surface area contributed by atoms with E-state index in [-0.39, 0.29) is 0 Å². The van der Waals surface area contributed by atoms with Gasteiger partial charge >= 0.3 is 5.97 Å². The number of ether oxygens (including phenoxy) is 1. The number of anilines is 1. The number of rotatable bonds is 2. The quantitative estimate of drug-likeness (QED) is 0.864. The third-order valence-corrected chi connectivity index (χ3v) is 3.72. The van der Waals surface area contributed by atoms with E-state index in [4.69, 9.17) is 4.74 Å². The van der Waals surface area contributed by atoms with Crippen LogP contribution in [0.5, 0.6) is 0 Å². The second kappa shape index (κ2) is 4.24. The van der Waals surface area contributed by atoms with E-state index in [2.05, 4.69) is 16.8 Å². The molecule has 3 heterocycles. The lowest BCUT2D eigenvalue weighted by Gasteiger charge is -2.24. The average Bonchev–Trinajstić information content (AvgIpc) is 2.94. The molecule has 3 rings (SSSR count). The highest BCUT2D eigenvalue weighted by Gasteiger charge is 2.28. The normalized spacial score (nSPS) is 22.3. The molecule has 1 saturated heterocycles. The second-order valence-electron chi connectivity index (χ2n) is 4.95. The lowest BCUT2D eigenvalue weighted by atomic mass is 10.1. The molecule has 2 aliphatic heterocycles. The number of aromatic carboxylic acids is 1. The topological polar surface area (TPSA) is 62.7 Å². The first-order valence-electron chi connectivity index (χ1n) is 6.27. The zero-order valence-electron chi connectivity index (χ0n) is 10.3. The summed E-state index contributed by atoms with van der Waals surface area (Å²) in [4.78, 5) is 18.0. The first kappa shape index (κ1) is 11.5. The van der Waals surface area contributed by atoms with E-state index in [1.165, 1.54) is 0 Å². The van der Waals surface area contributed by atoms with Crippen molar-refractivity contribution in [2.45, 2.75) is 39.0 Å². The Kier molecular flexibility index (Phi) is 2.70. The Hall–Kier alpha value is -1.62. The maximum atomic E-state index is 11.4. The van der Waals surface area contributed by atoms with E-state index in [0.717, 1.165) is 30.6 Å². The predicted molar refractivity (Wildman–Crippen MR) is 65.7 cm³/mol. The molecule has 1 aromatic rings. The Bertz CT molecular complexity index is 501. The van der Waals surface area contributed by atoms with E-state index in [9.17, 15) is 9.90 Å². The fourth-order valence-corrected chi connectivity index (χ4v) is 2.71. The predicted octanol–water partition coefficient (Wildman–Crippen LogP) is 1.80. The summed E-state index contributed by atoms with van der Waals surface area (Å²) < 4.78 is 5.32. The number of hydrogen-bond donors (Lipinski definition) is 1. The number of hydrogen-bond acceptors (Lipinski definition) is 4. The van der Waals surface area contributed by atoms with Crippen LogP contribution >= 0.6 is 0 Å². The number of fused-ring (bicyclic) bond motifs is 1. The standard InChI is InChI=1S/C13H16N2O3/c1-8-3-2-4-15(8)12-10(13(16)17)5-9-6-18-7-11(9)14-12/h5,8H,2-4,6-7H2,1H3,(H,16,17)/t8-/m0/s1. The van der Waals surface area contributed by atoms with Gasteiger partial charge in [-0.3, -0.25) is 0 Å². The molecule has 0 amide bonds. The van der Waals surface area contributed by atoms with E-state index < -0.39 is 5.97 Å². The number of aromatic nitrogens is 1. The van der Waals surface area contributed by atoms with Crippen LogP contribution in [0.1, 0.15) is 41.4 Å². The van der Waals surface area contributed by atoms with Crippen LogP contribution in [0, 0.1) is 0 Å². The Morgan fingerprint density at radius 3 is 3.06 bits per heavy atom. The van der Waals surface area contributed by atoms with Crippen LogP contribution in [-0.4, -0.2) is 28.6 Å². The number of carboxylic acid groups (broad SMARTS) is 1. The van der Waals surface area contributed by atoms with Gasteiger partial charge in [-0.1, -0.05) is 0 Å². The maximum Gasteiger partial charge on any atom is 0.339 e. The van der Waals surface area contributed by atoms with Crippen molar-refractivity contribution in [1.29, 1.82) is 0 Å². The molecule has 0 aromatic carbocycles. The summed E-state index contributed by atoms with van der Waals surface area (Å²) in [5.41, 5.74) is 2.09. The monoisotopic (exact) mass is 248 g/mol. The maximum absolute atomic E-state index is 11.4. The summed E-state index contributed by atoms with van der Waals surface area (Å²) in [6, 6.07) is 2.08. The molecular weight excluding hydrogens is 232 g/mol. The SMILES string of the molecule is C[C@H]1CCCN1c1nc2c(cc1C(=O)O)COC2. The molecule has 1 fully saturated rings. The third-order valence-electron chi connectivity index (χ3n) is 3.72. The molecule has 1 N–H and O–H groups in total. The molecule has 96 valence electrons. The molecular formula is C13H16N2O3. The Balaban J connectivity index is 2.09. The van der Waals surface area contributed by atoms with Crippen molar-refractivity contribution in [3.05, 3.63) is 22.9 Å². The molecule has 2 aliphatic rings. The number of carbonyl (C=O) groups is 1. The smallest absolute Gasteiger partial charge is 0.339 e. The van der Waals surface area contributed by atoms with Gasteiger partial charge in [0.2, 0.25) is 0 Å². The summed E-state index contributed by atoms with van der Waals surface area (Å²) >= 11 is 0. The Morgan fingerprint density at radius 1 is 1.56 bits per heavy atom. The molecule has 18 heavy (non-hydrogen) atoms. The van der Waals surface area contributed by atoms with Crippen LogP contribution in [0.2, 0.25) is 0 Å². The first-order valence-corrected chi connectivity index (χ1v) is 6.27. The fraction of sp³-hybridized carbons (Fsp3) is 0.538. The van der Waals surface area contributed by atoms with Crippen molar-refractivity contribution in [2.75, 3.05) is 11.4 Å². The lowest BCUT2D eigenvalue weighted by Crippen LogP contribution is -2.29. The molecule has 5 nitrogen and oxygen atoms in total. The van der Waals surface area contributed by atoms with E-state index in [1.807, 2.05) is 0 Å². The van der Waals surface area contributed by atoms with Gasteiger partial charge in [-0.15, -0.1) is 0 Å². The molecule has 0 saturated carbocycles. The van der Waals surface area contributed by atoms with Gasteiger partial charge in [-0.25, -0.2) is 9.78 Å². The van der Waals surface area contributed by atoms with Crippen molar-refractivity contribution in [2.24, 2.45) is 0 Å². The van der Waals surface area contributed by atoms with Crippen molar-refractivity contribution in [1.82, 2.24) is 4.98 Å². The van der Waals surface area contributed by atoms with Gasteiger partial charge in [0.15, 0.2) is 0 Å².